The molecule has 1 aromatic rings. The summed E-state index contributed by atoms with van der Waals surface area (Å²) in [5.74, 6) is 5.33. The zero-order valence-corrected chi connectivity index (χ0v) is 8.38. The third kappa shape index (κ3) is 3.17. The Morgan fingerprint density at radius 1 is 1.23 bits per heavy atom. The SMILES string of the molecule is CCc1ccc(C[C@H](C)NN)cc1. The van der Waals surface area contributed by atoms with E-state index in [9.17, 15) is 0 Å². The maximum absolute atomic E-state index is 5.33. The van der Waals surface area contributed by atoms with Gasteiger partial charge in [0.2, 0.25) is 0 Å². The highest BCUT2D eigenvalue weighted by Gasteiger charge is 1.99. The molecule has 72 valence electrons. The summed E-state index contributed by atoms with van der Waals surface area (Å²) in [4.78, 5) is 0. The zero-order chi connectivity index (χ0) is 9.68. The molecule has 0 aliphatic rings. The average molecular weight is 178 g/mol. The van der Waals surface area contributed by atoms with Crippen molar-refractivity contribution < 1.29 is 0 Å². The largest absolute Gasteiger partial charge is 0.271 e. The van der Waals surface area contributed by atoms with Crippen LogP contribution in [0.5, 0.6) is 0 Å². The van der Waals surface area contributed by atoms with E-state index >= 15 is 0 Å². The minimum absolute atomic E-state index is 0.340. The van der Waals surface area contributed by atoms with E-state index in [1.54, 1.807) is 0 Å². The number of hydrogen-bond donors (Lipinski definition) is 2. The van der Waals surface area contributed by atoms with Gasteiger partial charge in [0, 0.05) is 6.04 Å². The van der Waals surface area contributed by atoms with Gasteiger partial charge in [-0.1, -0.05) is 31.2 Å². The molecule has 0 saturated heterocycles. The normalized spacial score (nSPS) is 12.8. The van der Waals surface area contributed by atoms with Crippen LogP contribution in [0, 0.1) is 0 Å². The van der Waals surface area contributed by atoms with E-state index in [4.69, 9.17) is 5.84 Å². The molecular weight excluding hydrogens is 160 g/mol. The molecule has 0 aliphatic carbocycles. The number of nitrogens with one attached hydrogen (secondary N) is 1. The van der Waals surface area contributed by atoms with Crippen molar-refractivity contribution in [3.05, 3.63) is 35.4 Å². The van der Waals surface area contributed by atoms with Crippen molar-refractivity contribution in [2.45, 2.75) is 32.7 Å². The summed E-state index contributed by atoms with van der Waals surface area (Å²) >= 11 is 0. The van der Waals surface area contributed by atoms with Gasteiger partial charge in [-0.25, -0.2) is 0 Å². The van der Waals surface area contributed by atoms with Gasteiger partial charge in [0.1, 0.15) is 0 Å². The molecule has 0 heterocycles. The van der Waals surface area contributed by atoms with Gasteiger partial charge in [-0.2, -0.15) is 0 Å². The minimum Gasteiger partial charge on any atom is -0.271 e. The van der Waals surface area contributed by atoms with Gasteiger partial charge in [0.05, 0.1) is 0 Å². The van der Waals surface area contributed by atoms with Crippen LogP contribution in [-0.4, -0.2) is 6.04 Å². The predicted molar refractivity (Wildman–Crippen MR) is 56.3 cm³/mol. The lowest BCUT2D eigenvalue weighted by Gasteiger charge is -2.09. The fourth-order valence-corrected chi connectivity index (χ4v) is 1.32. The quantitative estimate of drug-likeness (QED) is 0.543. The first-order valence-corrected chi connectivity index (χ1v) is 4.80. The molecule has 0 unspecified atom stereocenters. The smallest absolute Gasteiger partial charge is 0.0222 e. The lowest BCUT2D eigenvalue weighted by atomic mass is 10.0. The van der Waals surface area contributed by atoms with Crippen LogP contribution in [0.1, 0.15) is 25.0 Å². The zero-order valence-electron chi connectivity index (χ0n) is 8.38. The molecule has 3 N–H and O–H groups in total. The molecule has 1 rings (SSSR count). The topological polar surface area (TPSA) is 38.0 Å². The van der Waals surface area contributed by atoms with E-state index in [0.29, 0.717) is 6.04 Å². The number of rotatable bonds is 4. The molecule has 0 amide bonds. The fourth-order valence-electron chi connectivity index (χ4n) is 1.32. The first-order valence-electron chi connectivity index (χ1n) is 4.80. The van der Waals surface area contributed by atoms with Gasteiger partial charge < -0.3 is 0 Å². The maximum atomic E-state index is 5.33. The molecule has 0 bridgehead atoms. The molecule has 13 heavy (non-hydrogen) atoms. The van der Waals surface area contributed by atoms with Crippen LogP contribution in [0.3, 0.4) is 0 Å². The van der Waals surface area contributed by atoms with Crippen LogP contribution in [0.15, 0.2) is 24.3 Å². The Balaban J connectivity index is 2.58. The lowest BCUT2D eigenvalue weighted by Crippen LogP contribution is -2.34. The van der Waals surface area contributed by atoms with Crippen molar-refractivity contribution in [1.29, 1.82) is 0 Å². The number of hydrogen-bond acceptors (Lipinski definition) is 2. The molecule has 0 saturated carbocycles. The monoisotopic (exact) mass is 178 g/mol. The first-order chi connectivity index (χ1) is 6.26. The van der Waals surface area contributed by atoms with Crippen LogP contribution in [0.2, 0.25) is 0 Å². The van der Waals surface area contributed by atoms with Gasteiger partial charge in [0.25, 0.3) is 0 Å². The first kappa shape index (κ1) is 10.2. The summed E-state index contributed by atoms with van der Waals surface area (Å²) in [6.45, 7) is 4.24. The molecule has 0 radical (unpaired) electrons. The van der Waals surface area contributed by atoms with Crippen LogP contribution < -0.4 is 11.3 Å². The summed E-state index contributed by atoms with van der Waals surface area (Å²) in [5.41, 5.74) is 5.46. The standard InChI is InChI=1S/C11H18N2/c1-3-10-4-6-11(7-5-10)8-9(2)13-12/h4-7,9,13H,3,8,12H2,1-2H3/t9-/m0/s1. The van der Waals surface area contributed by atoms with E-state index in [2.05, 4.69) is 43.5 Å². The van der Waals surface area contributed by atoms with Crippen LogP contribution in [0.4, 0.5) is 0 Å². The Kier molecular flexibility index (Phi) is 3.93. The lowest BCUT2D eigenvalue weighted by molar-refractivity contribution is 0.568. The highest BCUT2D eigenvalue weighted by Crippen LogP contribution is 2.06. The Hall–Kier alpha value is -0.860. The van der Waals surface area contributed by atoms with Gasteiger partial charge in [-0.15, -0.1) is 0 Å². The summed E-state index contributed by atoms with van der Waals surface area (Å²) in [6, 6.07) is 9.05. The van der Waals surface area contributed by atoms with Gasteiger partial charge in [0.15, 0.2) is 0 Å². The highest BCUT2D eigenvalue weighted by atomic mass is 15.2. The molecule has 2 nitrogen and oxygen atoms in total. The second-order valence-corrected chi connectivity index (χ2v) is 3.44. The Bertz CT molecular complexity index is 241. The summed E-state index contributed by atoms with van der Waals surface area (Å²) < 4.78 is 0. The van der Waals surface area contributed by atoms with Crippen molar-refractivity contribution >= 4 is 0 Å². The summed E-state index contributed by atoms with van der Waals surface area (Å²) in [6.07, 6.45) is 2.09. The van der Waals surface area contributed by atoms with Crippen molar-refractivity contribution in [2.24, 2.45) is 5.84 Å². The summed E-state index contributed by atoms with van der Waals surface area (Å²) in [5, 5.41) is 0. The molecule has 1 atom stereocenters. The third-order valence-electron chi connectivity index (χ3n) is 2.26. The minimum atomic E-state index is 0.340. The van der Waals surface area contributed by atoms with E-state index < -0.39 is 0 Å². The number of nitrogens with two attached hydrogens (primary N) is 1. The Labute approximate surface area is 80.1 Å². The fraction of sp³-hybridized carbons (Fsp3) is 0.455. The highest BCUT2D eigenvalue weighted by molar-refractivity contribution is 5.22. The van der Waals surface area contributed by atoms with Crippen molar-refractivity contribution in [3.8, 4) is 0 Å². The third-order valence-corrected chi connectivity index (χ3v) is 2.26. The van der Waals surface area contributed by atoms with Gasteiger partial charge in [-0.05, 0) is 30.9 Å². The molecule has 1 aromatic carbocycles. The second-order valence-electron chi connectivity index (χ2n) is 3.44. The molecule has 2 heteroatoms. The molecule has 0 aliphatic heterocycles. The van der Waals surface area contributed by atoms with E-state index in [-0.39, 0.29) is 0 Å². The Morgan fingerprint density at radius 3 is 2.23 bits per heavy atom. The van der Waals surface area contributed by atoms with Gasteiger partial charge in [-0.3, -0.25) is 11.3 Å². The van der Waals surface area contributed by atoms with Crippen LogP contribution in [0.25, 0.3) is 0 Å². The van der Waals surface area contributed by atoms with Crippen molar-refractivity contribution in [1.82, 2.24) is 5.43 Å². The summed E-state index contributed by atoms with van der Waals surface area (Å²) in [7, 11) is 0. The average Bonchev–Trinajstić information content (AvgIpc) is 2.19. The molecule has 0 aromatic heterocycles. The van der Waals surface area contributed by atoms with Crippen LogP contribution in [-0.2, 0) is 12.8 Å². The van der Waals surface area contributed by atoms with E-state index in [0.717, 1.165) is 12.8 Å². The van der Waals surface area contributed by atoms with E-state index in [1.165, 1.54) is 11.1 Å². The predicted octanol–water partition coefficient (Wildman–Crippen LogP) is 1.64. The van der Waals surface area contributed by atoms with Crippen molar-refractivity contribution in [2.75, 3.05) is 0 Å². The number of aryl methyl sites for hydroxylation is 1. The molecular formula is C11H18N2. The number of benzene rings is 1. The van der Waals surface area contributed by atoms with Gasteiger partial charge >= 0.3 is 0 Å². The van der Waals surface area contributed by atoms with Crippen molar-refractivity contribution in [3.63, 3.8) is 0 Å². The second kappa shape index (κ2) is 5.00. The number of hydrazine groups is 1. The Morgan fingerprint density at radius 2 is 1.77 bits per heavy atom. The molecule has 0 fully saturated rings. The van der Waals surface area contributed by atoms with E-state index in [1.807, 2.05) is 0 Å². The molecule has 0 spiro atoms. The van der Waals surface area contributed by atoms with Crippen LogP contribution >= 0.6 is 0 Å². The maximum Gasteiger partial charge on any atom is 0.0222 e.